The summed E-state index contributed by atoms with van der Waals surface area (Å²) in [5, 5.41) is 16.2. The van der Waals surface area contributed by atoms with Gasteiger partial charge in [0.1, 0.15) is 5.75 Å². The van der Waals surface area contributed by atoms with E-state index in [0.717, 1.165) is 62.2 Å². The predicted octanol–water partition coefficient (Wildman–Crippen LogP) is 5.77. The Morgan fingerprint density at radius 3 is 2.33 bits per heavy atom. The smallest absolute Gasteiger partial charge is 0.420 e. The van der Waals surface area contributed by atoms with Crippen LogP contribution in [0.15, 0.2) is 22.9 Å². The average molecular weight is 684 g/mol. The first-order chi connectivity index (χ1) is 22.0. The van der Waals surface area contributed by atoms with Crippen molar-refractivity contribution in [3.05, 3.63) is 44.6 Å². The summed E-state index contributed by atoms with van der Waals surface area (Å²) in [6.07, 6.45) is -2.49. The van der Waals surface area contributed by atoms with Gasteiger partial charge in [0.05, 0.1) is 22.8 Å². The number of hydrogen-bond donors (Lipinski definition) is 2. The number of nitrogens with zero attached hydrogens (tertiary/aromatic N) is 4. The minimum absolute atomic E-state index is 0.0100. The Balaban J connectivity index is 1.13. The molecule has 15 heteroatoms. The molecule has 3 saturated heterocycles. The van der Waals surface area contributed by atoms with Crippen LogP contribution < -0.4 is 5.32 Å². The van der Waals surface area contributed by atoms with Crippen LogP contribution in [0.1, 0.15) is 55.2 Å². The number of likely N-dealkylation sites (tertiary alicyclic amines) is 3. The summed E-state index contributed by atoms with van der Waals surface area (Å²) in [6, 6.07) is 1.99. The molecule has 0 bridgehead atoms. The molecule has 0 unspecified atom stereocenters. The molecule has 1 aromatic heterocycles. The lowest BCUT2D eigenvalue weighted by Gasteiger charge is -2.40. The number of rotatable bonds is 6. The number of phenols is 1. The number of aromatic hydroxyl groups is 1. The van der Waals surface area contributed by atoms with Gasteiger partial charge < -0.3 is 34.8 Å². The molecule has 0 saturated carbocycles. The third-order valence-electron chi connectivity index (χ3n) is 9.55. The van der Waals surface area contributed by atoms with Gasteiger partial charge in [-0.2, -0.15) is 13.2 Å². The summed E-state index contributed by atoms with van der Waals surface area (Å²) in [5.41, 5.74) is 0.550. The van der Waals surface area contributed by atoms with Gasteiger partial charge in [-0.05, 0) is 74.7 Å². The van der Waals surface area contributed by atoms with Crippen LogP contribution >= 0.6 is 22.9 Å². The number of piperidine rings is 2. The van der Waals surface area contributed by atoms with Gasteiger partial charge in [0.25, 0.3) is 5.91 Å². The number of carbonyl (C=O) groups is 3. The van der Waals surface area contributed by atoms with Gasteiger partial charge in [-0.3, -0.25) is 4.79 Å². The number of alkyl halides is 3. The fourth-order valence-electron chi connectivity index (χ4n) is 6.99. The second-order valence-corrected chi connectivity index (χ2v) is 13.6. The zero-order valence-electron chi connectivity index (χ0n) is 25.2. The number of ether oxygens (including phenoxy) is 1. The number of urea groups is 1. The van der Waals surface area contributed by atoms with Crippen LogP contribution in [0.4, 0.5) is 28.4 Å². The summed E-state index contributed by atoms with van der Waals surface area (Å²) in [7, 11) is 0. The minimum atomic E-state index is -4.88. The molecular formula is C31H37ClF3N5O5S. The Morgan fingerprint density at radius 2 is 1.65 bits per heavy atom. The first-order valence-corrected chi connectivity index (χ1v) is 17.0. The molecule has 1 atom stereocenters. The van der Waals surface area contributed by atoms with Gasteiger partial charge in [-0.15, -0.1) is 11.3 Å². The van der Waals surface area contributed by atoms with Crippen LogP contribution in [0.5, 0.6) is 5.75 Å². The number of fused-ring (bicyclic) bond motifs is 1. The normalized spacial score (nSPS) is 20.9. The van der Waals surface area contributed by atoms with Crippen molar-refractivity contribution in [2.75, 3.05) is 44.6 Å². The van der Waals surface area contributed by atoms with Crippen LogP contribution in [0.25, 0.3) is 0 Å². The van der Waals surface area contributed by atoms with Crippen molar-refractivity contribution in [2.45, 2.75) is 75.9 Å². The molecule has 6 rings (SSSR count). The Morgan fingerprint density at radius 1 is 1.00 bits per heavy atom. The third kappa shape index (κ3) is 7.03. The molecule has 4 aliphatic heterocycles. The Hall–Kier alpha value is -3.23. The molecule has 10 nitrogen and oxygen atoms in total. The molecule has 0 spiro atoms. The third-order valence-corrected chi connectivity index (χ3v) is 10.6. The largest absolute Gasteiger partial charge is 0.506 e. The van der Waals surface area contributed by atoms with E-state index in [2.05, 4.69) is 10.2 Å². The predicted molar refractivity (Wildman–Crippen MR) is 166 cm³/mol. The highest BCUT2D eigenvalue weighted by molar-refractivity contribution is 7.08. The quantitative estimate of drug-likeness (QED) is 0.401. The molecule has 3 fully saturated rings. The standard InChI is InChI=1S/C31H37ClF3N5O5S/c32-24-14-19(13-23(27(24)41)31(33,34)35)15-26(28(42)38-9-3-21(4-10-38)37-7-1-2-8-37)45-30(44)39-11-5-22(6-12-39)40-16-20-17-46-18-25(20)36-29(40)43/h13-14,17-18,21-22,26,41H,1-12,15-16H2,(H,36,43)/t26-/m1/s1. The van der Waals surface area contributed by atoms with Crippen molar-refractivity contribution in [1.29, 1.82) is 0 Å². The van der Waals surface area contributed by atoms with Crippen molar-refractivity contribution >= 4 is 46.7 Å². The number of benzene rings is 1. The Labute approximate surface area is 274 Å². The van der Waals surface area contributed by atoms with Crippen LogP contribution in [0.2, 0.25) is 5.02 Å². The Bertz CT molecular complexity index is 1450. The summed E-state index contributed by atoms with van der Waals surface area (Å²) in [5.74, 6) is -1.57. The maximum Gasteiger partial charge on any atom is 0.420 e. The van der Waals surface area contributed by atoms with Crippen molar-refractivity contribution < 1.29 is 37.4 Å². The molecule has 2 N–H and O–H groups in total. The monoisotopic (exact) mass is 683 g/mol. The Kier molecular flexibility index (Phi) is 9.58. The molecule has 4 amide bonds. The van der Waals surface area contributed by atoms with Crippen LogP contribution in [-0.2, 0) is 28.7 Å². The molecule has 0 aliphatic carbocycles. The summed E-state index contributed by atoms with van der Waals surface area (Å²) < 4.78 is 46.7. The lowest BCUT2D eigenvalue weighted by Crippen LogP contribution is -2.53. The molecule has 2 aromatic rings. The maximum absolute atomic E-state index is 13.8. The van der Waals surface area contributed by atoms with E-state index in [9.17, 15) is 32.7 Å². The van der Waals surface area contributed by atoms with Crippen LogP contribution in [-0.4, -0.2) is 100 Å². The van der Waals surface area contributed by atoms with E-state index in [1.165, 1.54) is 16.2 Å². The van der Waals surface area contributed by atoms with Crippen LogP contribution in [0, 0.1) is 0 Å². The zero-order valence-corrected chi connectivity index (χ0v) is 26.8. The maximum atomic E-state index is 13.8. The number of halogens is 4. The molecule has 1 aromatic carbocycles. The summed E-state index contributed by atoms with van der Waals surface area (Å²) >= 11 is 7.47. The van der Waals surface area contributed by atoms with E-state index in [1.807, 2.05) is 10.8 Å². The van der Waals surface area contributed by atoms with E-state index in [1.54, 1.807) is 9.80 Å². The van der Waals surface area contributed by atoms with Crippen molar-refractivity contribution in [1.82, 2.24) is 19.6 Å². The SMILES string of the molecule is O=C(O[C@H](Cc1cc(Cl)c(O)c(C(F)(F)F)c1)C(=O)N1CCC(N2CCCC2)CC1)N1CCC(N2Cc3cscc3NC2=O)CC1. The van der Waals surface area contributed by atoms with Gasteiger partial charge in [0.2, 0.25) is 0 Å². The average Bonchev–Trinajstić information content (AvgIpc) is 3.74. The number of hydrogen-bond acceptors (Lipinski definition) is 7. The first-order valence-electron chi connectivity index (χ1n) is 15.7. The number of nitrogens with one attached hydrogen (secondary N) is 1. The van der Waals surface area contributed by atoms with Crippen molar-refractivity contribution in [2.24, 2.45) is 0 Å². The first kappa shape index (κ1) is 32.7. The highest BCUT2D eigenvalue weighted by atomic mass is 35.5. The van der Waals surface area contributed by atoms with Crippen molar-refractivity contribution in [3.63, 3.8) is 0 Å². The molecular weight excluding hydrogens is 647 g/mol. The van der Waals surface area contributed by atoms with E-state index >= 15 is 0 Å². The van der Waals surface area contributed by atoms with E-state index in [4.69, 9.17) is 16.3 Å². The van der Waals surface area contributed by atoms with Crippen LogP contribution in [0.3, 0.4) is 0 Å². The highest BCUT2D eigenvalue weighted by Crippen LogP contribution is 2.41. The summed E-state index contributed by atoms with van der Waals surface area (Å²) in [4.78, 5) is 47.3. The van der Waals surface area contributed by atoms with Gasteiger partial charge in [0, 0.05) is 55.6 Å². The molecule has 0 radical (unpaired) electrons. The van der Waals surface area contributed by atoms with E-state index in [0.29, 0.717) is 38.5 Å². The van der Waals surface area contributed by atoms with Gasteiger partial charge in [-0.1, -0.05) is 11.6 Å². The van der Waals surface area contributed by atoms with Gasteiger partial charge >= 0.3 is 18.3 Å². The molecule has 250 valence electrons. The summed E-state index contributed by atoms with van der Waals surface area (Å²) in [6.45, 7) is 4.04. The van der Waals surface area contributed by atoms with Gasteiger partial charge in [-0.25, -0.2) is 9.59 Å². The number of phenolic OH excluding ortho intramolecular Hbond substituents is 1. The molecule has 5 heterocycles. The molecule has 4 aliphatic rings. The van der Waals surface area contributed by atoms with E-state index in [-0.39, 0.29) is 37.1 Å². The lowest BCUT2D eigenvalue weighted by atomic mass is 10.00. The number of thiophene rings is 1. The zero-order chi connectivity index (χ0) is 32.6. The molecule has 46 heavy (non-hydrogen) atoms. The topological polar surface area (TPSA) is 106 Å². The highest BCUT2D eigenvalue weighted by Gasteiger charge is 2.39. The second kappa shape index (κ2) is 13.5. The lowest BCUT2D eigenvalue weighted by molar-refractivity contribution is -0.142. The number of anilines is 1. The fraction of sp³-hybridized carbons (Fsp3) is 0.581. The second-order valence-electron chi connectivity index (χ2n) is 12.4. The number of carbonyl (C=O) groups excluding carboxylic acids is 3. The van der Waals surface area contributed by atoms with Gasteiger partial charge in [0.15, 0.2) is 6.10 Å². The fourth-order valence-corrected chi connectivity index (χ4v) is 8.02. The number of amides is 4. The van der Waals surface area contributed by atoms with E-state index < -0.39 is 40.6 Å². The van der Waals surface area contributed by atoms with Crippen molar-refractivity contribution in [3.8, 4) is 5.75 Å². The minimum Gasteiger partial charge on any atom is -0.506 e.